The lowest BCUT2D eigenvalue weighted by Gasteiger charge is -2.01. The zero-order valence-corrected chi connectivity index (χ0v) is 13.0. The van der Waals surface area contributed by atoms with Gasteiger partial charge in [0.1, 0.15) is 0 Å². The monoisotopic (exact) mass is 318 g/mol. The molecule has 8 heteroatoms. The summed E-state index contributed by atoms with van der Waals surface area (Å²) in [7, 11) is -3.62. The molecule has 0 amide bonds. The van der Waals surface area contributed by atoms with E-state index in [9.17, 15) is 8.42 Å². The molecule has 0 aliphatic heterocycles. The number of thiazole rings is 1. The Morgan fingerprint density at radius 2 is 2.21 bits per heavy atom. The molecule has 0 aromatic carbocycles. The number of nitrogens with zero attached hydrogens (tertiary/aromatic N) is 1. The summed E-state index contributed by atoms with van der Waals surface area (Å²) in [4.78, 5) is 6.04. The van der Waals surface area contributed by atoms with Gasteiger partial charge in [-0.2, -0.15) is 0 Å². The predicted molar refractivity (Wildman–Crippen MR) is 77.3 cm³/mol. The molecule has 0 saturated carbocycles. The van der Waals surface area contributed by atoms with Crippen LogP contribution in [0.15, 0.2) is 16.3 Å². The van der Waals surface area contributed by atoms with Crippen LogP contribution in [0, 0.1) is 6.92 Å². The second-order valence-electron chi connectivity index (χ2n) is 3.89. The number of aryl methyl sites for hydroxylation is 2. The first-order valence-electron chi connectivity index (χ1n) is 5.63. The van der Waals surface area contributed by atoms with Gasteiger partial charge in [-0.05, 0) is 19.4 Å². The predicted octanol–water partition coefficient (Wildman–Crippen LogP) is 2.37. The summed E-state index contributed by atoms with van der Waals surface area (Å²) in [5, 5.41) is 10.9. The van der Waals surface area contributed by atoms with Crippen molar-refractivity contribution in [3.05, 3.63) is 26.9 Å². The SMILES string of the molecule is CCc1nc(NS(=O)(=O)c2csc(CO)c2)sc1C. The van der Waals surface area contributed by atoms with Gasteiger partial charge in [-0.15, -0.1) is 22.7 Å². The van der Waals surface area contributed by atoms with Gasteiger partial charge in [-0.3, -0.25) is 4.72 Å². The number of anilines is 1. The molecule has 5 nitrogen and oxygen atoms in total. The first-order chi connectivity index (χ1) is 8.96. The van der Waals surface area contributed by atoms with E-state index in [1.54, 1.807) is 0 Å². The third-order valence-electron chi connectivity index (χ3n) is 2.55. The highest BCUT2D eigenvalue weighted by atomic mass is 32.2. The molecule has 104 valence electrons. The van der Waals surface area contributed by atoms with E-state index < -0.39 is 10.0 Å². The number of aliphatic hydroxyl groups excluding tert-OH is 1. The Kier molecular flexibility index (Phi) is 4.24. The third kappa shape index (κ3) is 3.14. The Hall–Kier alpha value is -0.960. The molecule has 0 fully saturated rings. The Morgan fingerprint density at radius 3 is 2.74 bits per heavy atom. The number of rotatable bonds is 5. The van der Waals surface area contributed by atoms with Gasteiger partial charge < -0.3 is 5.11 Å². The molecule has 0 saturated heterocycles. The van der Waals surface area contributed by atoms with Crippen LogP contribution in [-0.4, -0.2) is 18.5 Å². The maximum absolute atomic E-state index is 12.1. The normalized spacial score (nSPS) is 11.7. The number of hydrogen-bond acceptors (Lipinski definition) is 6. The van der Waals surface area contributed by atoms with Crippen LogP contribution < -0.4 is 4.72 Å². The van der Waals surface area contributed by atoms with Crippen LogP contribution in [0.1, 0.15) is 22.4 Å². The van der Waals surface area contributed by atoms with E-state index in [0.29, 0.717) is 10.0 Å². The van der Waals surface area contributed by atoms with Crippen molar-refractivity contribution in [2.24, 2.45) is 0 Å². The molecule has 0 unspecified atom stereocenters. The molecule has 0 spiro atoms. The first kappa shape index (κ1) is 14.4. The Balaban J connectivity index is 2.25. The van der Waals surface area contributed by atoms with Crippen LogP contribution in [0.4, 0.5) is 5.13 Å². The molecule has 2 aromatic rings. The van der Waals surface area contributed by atoms with Crippen LogP contribution in [0.5, 0.6) is 0 Å². The van der Waals surface area contributed by atoms with Crippen LogP contribution >= 0.6 is 22.7 Å². The highest BCUT2D eigenvalue weighted by Crippen LogP contribution is 2.26. The summed E-state index contributed by atoms with van der Waals surface area (Å²) in [5.74, 6) is 0. The van der Waals surface area contributed by atoms with Crippen LogP contribution in [0.2, 0.25) is 0 Å². The molecule has 0 atom stereocenters. The molecule has 2 N–H and O–H groups in total. The number of aliphatic hydroxyl groups is 1. The summed E-state index contributed by atoms with van der Waals surface area (Å²) < 4.78 is 26.7. The largest absolute Gasteiger partial charge is 0.391 e. The molecule has 19 heavy (non-hydrogen) atoms. The average molecular weight is 318 g/mol. The van der Waals surface area contributed by atoms with Gasteiger partial charge in [0.15, 0.2) is 5.13 Å². The van der Waals surface area contributed by atoms with E-state index >= 15 is 0 Å². The van der Waals surface area contributed by atoms with Gasteiger partial charge in [0.2, 0.25) is 0 Å². The fourth-order valence-electron chi connectivity index (χ4n) is 1.56. The first-order valence-corrected chi connectivity index (χ1v) is 8.81. The van der Waals surface area contributed by atoms with Gasteiger partial charge in [-0.25, -0.2) is 13.4 Å². The molecule has 2 aromatic heterocycles. The fraction of sp³-hybridized carbons (Fsp3) is 0.364. The lowest BCUT2D eigenvalue weighted by molar-refractivity contribution is 0.285. The number of sulfonamides is 1. The van der Waals surface area contributed by atoms with E-state index in [2.05, 4.69) is 9.71 Å². The Bertz CT molecular complexity index is 673. The van der Waals surface area contributed by atoms with Crippen LogP contribution in [0.3, 0.4) is 0 Å². The topological polar surface area (TPSA) is 79.3 Å². The van der Waals surface area contributed by atoms with Crippen LogP contribution in [-0.2, 0) is 23.1 Å². The van der Waals surface area contributed by atoms with E-state index in [-0.39, 0.29) is 11.5 Å². The molecule has 0 aliphatic carbocycles. The Labute approximate surface area is 120 Å². The molecule has 2 heterocycles. The lowest BCUT2D eigenvalue weighted by atomic mass is 10.3. The fourth-order valence-corrected chi connectivity index (χ4v) is 4.83. The standard InChI is InChI=1S/C11H14N2O3S3/c1-3-10-7(2)18-11(12-10)13-19(15,16)9-4-8(5-14)17-6-9/h4,6,14H,3,5H2,1-2H3,(H,12,13). The zero-order valence-electron chi connectivity index (χ0n) is 10.5. The minimum Gasteiger partial charge on any atom is -0.391 e. The van der Waals surface area contributed by atoms with Crippen molar-refractivity contribution in [3.63, 3.8) is 0 Å². The third-order valence-corrected chi connectivity index (χ3v) is 5.99. The zero-order chi connectivity index (χ0) is 14.0. The van der Waals surface area contributed by atoms with Crippen molar-refractivity contribution >= 4 is 37.8 Å². The van der Waals surface area contributed by atoms with Crippen molar-refractivity contribution in [2.45, 2.75) is 31.8 Å². The van der Waals surface area contributed by atoms with Gasteiger partial charge in [-0.1, -0.05) is 6.92 Å². The highest BCUT2D eigenvalue weighted by Gasteiger charge is 2.18. The summed E-state index contributed by atoms with van der Waals surface area (Å²) >= 11 is 2.54. The van der Waals surface area contributed by atoms with Crippen molar-refractivity contribution in [2.75, 3.05) is 4.72 Å². The lowest BCUT2D eigenvalue weighted by Crippen LogP contribution is -2.11. The average Bonchev–Trinajstić information content (AvgIpc) is 2.95. The maximum atomic E-state index is 12.1. The summed E-state index contributed by atoms with van der Waals surface area (Å²) in [6.45, 7) is 3.74. The van der Waals surface area contributed by atoms with Crippen molar-refractivity contribution < 1.29 is 13.5 Å². The van der Waals surface area contributed by atoms with E-state index in [1.807, 2.05) is 13.8 Å². The Morgan fingerprint density at radius 1 is 1.47 bits per heavy atom. The highest BCUT2D eigenvalue weighted by molar-refractivity contribution is 7.93. The molecule has 0 aliphatic rings. The minimum absolute atomic E-state index is 0.156. The van der Waals surface area contributed by atoms with Crippen molar-refractivity contribution in [3.8, 4) is 0 Å². The summed E-state index contributed by atoms with van der Waals surface area (Å²) in [6.07, 6.45) is 0.775. The molecular formula is C11H14N2O3S3. The van der Waals surface area contributed by atoms with E-state index in [4.69, 9.17) is 5.11 Å². The number of hydrogen-bond donors (Lipinski definition) is 2. The quantitative estimate of drug-likeness (QED) is 0.887. The number of thiophene rings is 1. The second kappa shape index (κ2) is 5.58. The van der Waals surface area contributed by atoms with Crippen LogP contribution in [0.25, 0.3) is 0 Å². The summed E-state index contributed by atoms with van der Waals surface area (Å²) in [5.41, 5.74) is 0.907. The smallest absolute Gasteiger partial charge is 0.264 e. The molecule has 2 rings (SSSR count). The maximum Gasteiger partial charge on any atom is 0.264 e. The van der Waals surface area contributed by atoms with Crippen molar-refractivity contribution in [1.29, 1.82) is 0 Å². The summed E-state index contributed by atoms with van der Waals surface area (Å²) in [6, 6.07) is 1.47. The van der Waals surface area contributed by atoms with Gasteiger partial charge >= 0.3 is 0 Å². The molecule has 0 radical (unpaired) electrons. The number of nitrogens with one attached hydrogen (secondary N) is 1. The van der Waals surface area contributed by atoms with Crippen molar-refractivity contribution in [1.82, 2.24) is 4.98 Å². The van der Waals surface area contributed by atoms with Gasteiger partial charge in [0, 0.05) is 15.1 Å². The van der Waals surface area contributed by atoms with E-state index in [0.717, 1.165) is 17.0 Å². The van der Waals surface area contributed by atoms with E-state index in [1.165, 1.54) is 34.1 Å². The van der Waals surface area contributed by atoms with Gasteiger partial charge in [0.05, 0.1) is 17.2 Å². The second-order valence-corrected chi connectivity index (χ2v) is 7.77. The number of aromatic nitrogens is 1. The molecule has 0 bridgehead atoms. The minimum atomic E-state index is -3.62. The molecular weight excluding hydrogens is 304 g/mol. The van der Waals surface area contributed by atoms with Gasteiger partial charge in [0.25, 0.3) is 10.0 Å².